The summed E-state index contributed by atoms with van der Waals surface area (Å²) in [6.45, 7) is 20.9. The first-order valence-corrected chi connectivity index (χ1v) is 21.0. The van der Waals surface area contributed by atoms with Gasteiger partial charge in [0, 0.05) is 98.4 Å². The number of benzene rings is 2. The first-order chi connectivity index (χ1) is 27.6. The van der Waals surface area contributed by atoms with Crippen LogP contribution in [0.25, 0.3) is 17.0 Å². The van der Waals surface area contributed by atoms with E-state index in [0.29, 0.717) is 10.8 Å². The van der Waals surface area contributed by atoms with Crippen LogP contribution >= 0.6 is 11.6 Å². The minimum atomic E-state index is 0.202. The molecule has 0 aliphatic carbocycles. The van der Waals surface area contributed by atoms with Gasteiger partial charge < -0.3 is 30.7 Å². The number of rotatable bonds is 11. The largest absolute Gasteiger partial charge is 0.392 e. The molecule has 2 aromatic carbocycles. The molecule has 3 saturated heterocycles. The third-order valence-corrected chi connectivity index (χ3v) is 13.0. The molecule has 0 saturated carbocycles. The Kier molecular flexibility index (Phi) is 11.1. The predicted molar refractivity (Wildman–Crippen MR) is 238 cm³/mol. The Morgan fingerprint density at radius 1 is 0.947 bits per heavy atom. The van der Waals surface area contributed by atoms with Gasteiger partial charge in [0.05, 0.1) is 23.1 Å². The molecule has 10 nitrogen and oxygen atoms in total. The van der Waals surface area contributed by atoms with Gasteiger partial charge in [0.25, 0.3) is 0 Å². The summed E-state index contributed by atoms with van der Waals surface area (Å²) < 4.78 is 2.09. The zero-order valence-electron chi connectivity index (χ0n) is 33.9. The zero-order chi connectivity index (χ0) is 39.8. The average Bonchev–Trinajstić information content (AvgIpc) is 3.55. The van der Waals surface area contributed by atoms with Gasteiger partial charge in [0.2, 0.25) is 5.95 Å². The van der Waals surface area contributed by atoms with Crippen LogP contribution in [0.3, 0.4) is 0 Å². The number of hydrogen-bond donors (Lipinski definition) is 3. The number of piperidine rings is 3. The molecule has 2 aromatic heterocycles. The highest BCUT2D eigenvalue weighted by molar-refractivity contribution is 6.32. The van der Waals surface area contributed by atoms with E-state index in [2.05, 4.69) is 123 Å². The van der Waals surface area contributed by atoms with Crippen LogP contribution in [-0.2, 0) is 7.05 Å². The molecule has 57 heavy (non-hydrogen) atoms. The number of para-hydroxylation sites is 1. The van der Waals surface area contributed by atoms with E-state index in [1.54, 1.807) is 6.20 Å². The molecule has 0 radical (unpaired) electrons. The fraction of sp³-hybridized carbons (Fsp3) is 0.413. The topological polar surface area (TPSA) is 89.4 Å². The highest BCUT2D eigenvalue weighted by atomic mass is 35.5. The molecule has 3 fully saturated rings. The maximum Gasteiger partial charge on any atom is 0.227 e. The van der Waals surface area contributed by atoms with Crippen LogP contribution in [0.5, 0.6) is 0 Å². The molecule has 8 rings (SSSR count). The summed E-state index contributed by atoms with van der Waals surface area (Å²) in [5.41, 5.74) is 12.1. The van der Waals surface area contributed by atoms with Crippen LogP contribution in [0, 0.1) is 11.8 Å². The number of nitrogens with one attached hydrogen (secondary N) is 3. The molecule has 4 aromatic rings. The second kappa shape index (κ2) is 16.3. The third kappa shape index (κ3) is 8.02. The number of aryl methyl sites for hydroxylation is 1. The number of halogens is 1. The molecule has 6 heterocycles. The van der Waals surface area contributed by atoms with Crippen molar-refractivity contribution in [2.75, 3.05) is 60.3 Å². The van der Waals surface area contributed by atoms with Crippen molar-refractivity contribution in [1.82, 2.24) is 30.4 Å². The van der Waals surface area contributed by atoms with Gasteiger partial charge in [-0.2, -0.15) is 10.1 Å². The van der Waals surface area contributed by atoms with Crippen molar-refractivity contribution >= 4 is 57.4 Å². The molecule has 0 bridgehead atoms. The van der Waals surface area contributed by atoms with Gasteiger partial charge in [0.1, 0.15) is 5.02 Å². The van der Waals surface area contributed by atoms with E-state index in [1.807, 2.05) is 7.05 Å². The lowest BCUT2D eigenvalue weighted by molar-refractivity contribution is 0.279. The molecule has 3 N–H and O–H groups in total. The Morgan fingerprint density at radius 2 is 1.68 bits per heavy atom. The lowest BCUT2D eigenvalue weighted by atomic mass is 9.82. The Labute approximate surface area is 343 Å². The maximum atomic E-state index is 6.67. The van der Waals surface area contributed by atoms with Gasteiger partial charge in [-0.1, -0.05) is 50.0 Å². The zero-order valence-corrected chi connectivity index (χ0v) is 34.6. The molecular formula is C46H57ClN10. The van der Waals surface area contributed by atoms with Crippen molar-refractivity contribution in [3.63, 3.8) is 0 Å². The summed E-state index contributed by atoms with van der Waals surface area (Å²) in [5.74, 6) is 3.03. The quantitative estimate of drug-likeness (QED) is 0.138. The second-order valence-electron chi connectivity index (χ2n) is 16.4. The number of fused-ring (bicyclic) bond motifs is 2. The first kappa shape index (κ1) is 38.6. The van der Waals surface area contributed by atoms with E-state index in [-0.39, 0.29) is 5.92 Å². The molecule has 0 spiro atoms. The molecule has 1 unspecified atom stereocenters. The van der Waals surface area contributed by atoms with Gasteiger partial charge in [-0.15, -0.1) is 0 Å². The lowest BCUT2D eigenvalue weighted by Gasteiger charge is -2.37. The third-order valence-electron chi connectivity index (χ3n) is 12.8. The Balaban J connectivity index is 0.858. The molecule has 4 aliphatic heterocycles. The standard InChI is InChI=1S/C46H57ClN10/c1-29(48-5)11-13-35-26-36-27-37(14-16-41(36)54(6)32(35)4)51-45-40(47)28-49-46(52-45)57-23-19-34(20-24-57)25-33-17-21-56(22-18-33)42-10-8-9-39-43(53-55(7)44(39)42)38-15-12-30(2)50-31(38)3/h8-10,14,16,26-28,33-34,38,48,50H,1-4,11-13,15,17-25H2,5-7H3,(H,49,51,52). The molecule has 4 aliphatic rings. The van der Waals surface area contributed by atoms with Crippen LogP contribution in [0.2, 0.25) is 5.02 Å². The van der Waals surface area contributed by atoms with Gasteiger partial charge in [-0.3, -0.25) is 4.68 Å². The molecule has 0 amide bonds. The highest BCUT2D eigenvalue weighted by Gasteiger charge is 2.30. The number of hydrogen-bond acceptors (Lipinski definition) is 9. The summed E-state index contributed by atoms with van der Waals surface area (Å²) in [7, 11) is 6.07. The van der Waals surface area contributed by atoms with Crippen LogP contribution in [0.1, 0.15) is 75.0 Å². The fourth-order valence-corrected chi connectivity index (χ4v) is 9.46. The first-order valence-electron chi connectivity index (χ1n) is 20.6. The van der Waals surface area contributed by atoms with E-state index in [4.69, 9.17) is 21.7 Å². The molecule has 298 valence electrons. The van der Waals surface area contributed by atoms with Crippen molar-refractivity contribution in [1.29, 1.82) is 0 Å². The van der Waals surface area contributed by atoms with E-state index in [0.717, 1.165) is 128 Å². The Bertz CT molecular complexity index is 2240. The van der Waals surface area contributed by atoms with Crippen LogP contribution < -0.4 is 30.7 Å². The van der Waals surface area contributed by atoms with E-state index >= 15 is 0 Å². The highest BCUT2D eigenvalue weighted by Crippen LogP contribution is 2.41. The van der Waals surface area contributed by atoms with Crippen molar-refractivity contribution < 1.29 is 0 Å². The molecule has 1 atom stereocenters. The van der Waals surface area contributed by atoms with E-state index in [9.17, 15) is 0 Å². The van der Waals surface area contributed by atoms with Crippen LogP contribution in [0.4, 0.5) is 28.8 Å². The predicted octanol–water partition coefficient (Wildman–Crippen LogP) is 9.64. The number of aromatic nitrogens is 4. The smallest absolute Gasteiger partial charge is 0.227 e. The summed E-state index contributed by atoms with van der Waals surface area (Å²) in [4.78, 5) is 16.7. The van der Waals surface area contributed by atoms with Crippen molar-refractivity contribution in [3.05, 3.63) is 114 Å². The van der Waals surface area contributed by atoms with Crippen LogP contribution in [0.15, 0.2) is 97.3 Å². The summed E-state index contributed by atoms with van der Waals surface area (Å²) in [6, 6.07) is 13.1. The normalized spacial score (nSPS) is 19.4. The number of nitrogens with zero attached hydrogens (tertiary/aromatic N) is 7. The molecule has 11 heteroatoms. The molecular weight excluding hydrogens is 728 g/mol. The van der Waals surface area contributed by atoms with E-state index < -0.39 is 0 Å². The second-order valence-corrected chi connectivity index (χ2v) is 16.8. The maximum absolute atomic E-state index is 6.67. The summed E-state index contributed by atoms with van der Waals surface area (Å²) >= 11 is 6.67. The SMILES string of the molecule is C=C(CCC1=Cc2cc(Nc3nc(N4CCC(CC5CCN(c6cccc7c(C8CCC(=C)NC8=C)nn(C)c67)CC5)CC4)ncc3Cl)ccc2N(C)C1=C)NC. The van der Waals surface area contributed by atoms with Crippen LogP contribution in [-0.4, -0.2) is 60.0 Å². The van der Waals surface area contributed by atoms with Crippen molar-refractivity contribution in [2.45, 2.75) is 63.7 Å². The van der Waals surface area contributed by atoms with Gasteiger partial charge >= 0.3 is 0 Å². The van der Waals surface area contributed by atoms with Gasteiger partial charge in [-0.25, -0.2) is 4.98 Å². The number of anilines is 5. The van der Waals surface area contributed by atoms with Crippen molar-refractivity contribution in [3.8, 4) is 0 Å². The summed E-state index contributed by atoms with van der Waals surface area (Å²) in [6.07, 6.45) is 13.7. The fourth-order valence-electron chi connectivity index (χ4n) is 9.32. The minimum Gasteiger partial charge on any atom is -0.392 e. The minimum absolute atomic E-state index is 0.202. The number of allylic oxidation sites excluding steroid dienone is 4. The Hall–Kier alpha value is -5.22. The monoisotopic (exact) mass is 784 g/mol. The van der Waals surface area contributed by atoms with E-state index in [1.165, 1.54) is 41.4 Å². The van der Waals surface area contributed by atoms with Gasteiger partial charge in [0.15, 0.2) is 5.82 Å². The van der Waals surface area contributed by atoms with Crippen molar-refractivity contribution in [2.24, 2.45) is 18.9 Å². The number of likely N-dealkylation sites (N-methyl/N-ethyl adjacent to an activating group) is 1. The Morgan fingerprint density at radius 3 is 2.40 bits per heavy atom. The van der Waals surface area contributed by atoms with Gasteiger partial charge in [-0.05, 0) is 106 Å². The lowest BCUT2D eigenvalue weighted by Crippen LogP contribution is -2.37. The summed E-state index contributed by atoms with van der Waals surface area (Å²) in [5, 5.41) is 16.8. The average molecular weight is 785 g/mol.